The van der Waals surface area contributed by atoms with Crippen molar-refractivity contribution in [3.63, 3.8) is 0 Å². The van der Waals surface area contributed by atoms with Crippen molar-refractivity contribution >= 4 is 22.7 Å². The zero-order valence-electron chi connectivity index (χ0n) is 12.4. The van der Waals surface area contributed by atoms with Crippen LogP contribution in [0.4, 0.5) is 8.78 Å². The smallest absolute Gasteiger partial charge is 0.280 e. The number of halogens is 2. The molecule has 0 aliphatic rings. The van der Waals surface area contributed by atoms with Crippen LogP contribution in [-0.2, 0) is 0 Å². The van der Waals surface area contributed by atoms with Gasteiger partial charge in [0.15, 0.2) is 5.16 Å². The zero-order chi connectivity index (χ0) is 17.1. The third-order valence-corrected chi connectivity index (χ3v) is 4.14. The van der Waals surface area contributed by atoms with Gasteiger partial charge in [-0.3, -0.25) is 4.79 Å². The first-order chi connectivity index (χ1) is 11.5. The molecule has 0 saturated heterocycles. The highest BCUT2D eigenvalue weighted by molar-refractivity contribution is 7.99. The van der Waals surface area contributed by atoms with Crippen molar-refractivity contribution in [2.24, 2.45) is 0 Å². The quantitative estimate of drug-likeness (QED) is 0.332. The van der Waals surface area contributed by atoms with E-state index in [4.69, 9.17) is 10.6 Å². The van der Waals surface area contributed by atoms with E-state index in [0.29, 0.717) is 18.1 Å². The first kappa shape index (κ1) is 16.3. The summed E-state index contributed by atoms with van der Waals surface area (Å²) in [5.41, 5.74) is -0.189. The predicted molar refractivity (Wildman–Crippen MR) is 88.7 cm³/mol. The average molecular weight is 349 g/mol. The van der Waals surface area contributed by atoms with E-state index in [2.05, 4.69) is 4.98 Å². The van der Waals surface area contributed by atoms with E-state index in [1.54, 1.807) is 0 Å². The van der Waals surface area contributed by atoms with Crippen LogP contribution in [0.5, 0.6) is 5.75 Å². The second-order valence-corrected chi connectivity index (χ2v) is 5.94. The van der Waals surface area contributed by atoms with Gasteiger partial charge in [0.05, 0.1) is 17.5 Å². The molecule has 0 radical (unpaired) electrons. The fourth-order valence-corrected chi connectivity index (χ4v) is 2.81. The summed E-state index contributed by atoms with van der Waals surface area (Å²) in [6, 6.07) is 9.39. The maximum absolute atomic E-state index is 13.3. The lowest BCUT2D eigenvalue weighted by Crippen LogP contribution is -2.30. The second-order valence-electron chi connectivity index (χ2n) is 4.88. The molecule has 5 nitrogen and oxygen atoms in total. The summed E-state index contributed by atoms with van der Waals surface area (Å²) in [6.45, 7) is 0.313. The lowest BCUT2D eigenvalue weighted by Gasteiger charge is -2.09. The van der Waals surface area contributed by atoms with Crippen LogP contribution < -0.4 is 16.1 Å². The molecule has 1 aromatic heterocycles. The van der Waals surface area contributed by atoms with Crippen LogP contribution in [0.1, 0.15) is 0 Å². The molecule has 0 fully saturated rings. The number of rotatable bonds is 5. The number of thioether (sulfide) groups is 1. The van der Waals surface area contributed by atoms with Crippen LogP contribution in [0.15, 0.2) is 52.4 Å². The highest BCUT2D eigenvalue weighted by Gasteiger charge is 2.10. The Labute approximate surface area is 140 Å². The fraction of sp³-hybridized carbons (Fsp3) is 0.125. The van der Waals surface area contributed by atoms with Crippen molar-refractivity contribution in [2.75, 3.05) is 18.2 Å². The van der Waals surface area contributed by atoms with Gasteiger partial charge in [0.1, 0.15) is 17.4 Å². The number of nitrogen functional groups attached to an aromatic ring is 1. The van der Waals surface area contributed by atoms with Gasteiger partial charge in [-0.2, -0.15) is 0 Å². The zero-order valence-corrected chi connectivity index (χ0v) is 13.2. The van der Waals surface area contributed by atoms with E-state index in [1.807, 2.05) is 0 Å². The van der Waals surface area contributed by atoms with Gasteiger partial charge in [0.2, 0.25) is 0 Å². The van der Waals surface area contributed by atoms with Crippen LogP contribution in [0.2, 0.25) is 0 Å². The largest absolute Gasteiger partial charge is 0.493 e. The van der Waals surface area contributed by atoms with E-state index < -0.39 is 11.4 Å². The molecule has 0 unspecified atom stereocenters. The summed E-state index contributed by atoms with van der Waals surface area (Å²) < 4.78 is 32.5. The van der Waals surface area contributed by atoms with E-state index in [0.717, 1.165) is 4.68 Å². The molecule has 2 N–H and O–H groups in total. The van der Waals surface area contributed by atoms with Gasteiger partial charge in [0.25, 0.3) is 5.56 Å². The maximum Gasteiger partial charge on any atom is 0.280 e. The molecule has 0 saturated carbocycles. The molecule has 0 aliphatic heterocycles. The highest BCUT2D eigenvalue weighted by Crippen LogP contribution is 2.18. The van der Waals surface area contributed by atoms with Crippen molar-refractivity contribution in [2.45, 2.75) is 5.16 Å². The Morgan fingerprint density at radius 1 is 1.12 bits per heavy atom. The van der Waals surface area contributed by atoms with Crippen LogP contribution in [0, 0.1) is 11.6 Å². The summed E-state index contributed by atoms with van der Waals surface area (Å²) >= 11 is 1.21. The highest BCUT2D eigenvalue weighted by atomic mass is 32.2. The van der Waals surface area contributed by atoms with E-state index in [9.17, 15) is 13.6 Å². The minimum atomic E-state index is -0.472. The molecule has 8 heteroatoms. The molecule has 0 aliphatic carbocycles. The Morgan fingerprint density at radius 2 is 1.83 bits per heavy atom. The third kappa shape index (κ3) is 3.48. The van der Waals surface area contributed by atoms with Gasteiger partial charge in [-0.25, -0.2) is 18.4 Å². The maximum atomic E-state index is 13.3. The van der Waals surface area contributed by atoms with Gasteiger partial charge in [-0.15, -0.1) is 0 Å². The number of benzene rings is 2. The van der Waals surface area contributed by atoms with Crippen LogP contribution in [0.25, 0.3) is 10.9 Å². The third-order valence-electron chi connectivity index (χ3n) is 3.23. The normalized spacial score (nSPS) is 10.9. The van der Waals surface area contributed by atoms with Crippen LogP contribution >= 0.6 is 11.8 Å². The summed E-state index contributed by atoms with van der Waals surface area (Å²) in [5, 5.41) is 0.520. The SMILES string of the molecule is Nn1c(SCCOc2ccc(F)cc2)nc2cc(F)ccc2c1=O. The molecule has 0 atom stereocenters. The summed E-state index contributed by atoms with van der Waals surface area (Å²) in [7, 11) is 0. The lowest BCUT2D eigenvalue weighted by molar-refractivity contribution is 0.343. The molecule has 1 heterocycles. The van der Waals surface area contributed by atoms with Crippen molar-refractivity contribution < 1.29 is 13.5 Å². The Morgan fingerprint density at radius 3 is 2.58 bits per heavy atom. The summed E-state index contributed by atoms with van der Waals surface area (Å²) in [4.78, 5) is 16.4. The van der Waals surface area contributed by atoms with Crippen molar-refractivity contribution in [1.29, 1.82) is 0 Å². The molecule has 3 rings (SSSR count). The van der Waals surface area contributed by atoms with E-state index in [1.165, 1.54) is 54.2 Å². The van der Waals surface area contributed by atoms with E-state index >= 15 is 0 Å². The number of nitrogens with two attached hydrogens (primary N) is 1. The average Bonchev–Trinajstić information content (AvgIpc) is 2.57. The fourth-order valence-electron chi connectivity index (χ4n) is 2.08. The minimum Gasteiger partial charge on any atom is -0.493 e. The summed E-state index contributed by atoms with van der Waals surface area (Å²) in [6.07, 6.45) is 0. The Bertz CT molecular complexity index is 929. The standard InChI is InChI=1S/C16H13F2N3O2S/c17-10-1-4-12(5-2-10)23-7-8-24-16-20-14-9-11(18)3-6-13(14)15(22)21(16)19/h1-6,9H,7-8,19H2. The molecular weight excluding hydrogens is 336 g/mol. The second kappa shape index (κ2) is 6.88. The first-order valence-corrected chi connectivity index (χ1v) is 8.02. The number of ether oxygens (including phenoxy) is 1. The van der Waals surface area contributed by atoms with Crippen LogP contribution in [-0.4, -0.2) is 22.0 Å². The Hall–Kier alpha value is -2.61. The first-order valence-electron chi connectivity index (χ1n) is 7.03. The number of aromatic nitrogens is 2. The minimum absolute atomic E-state index is 0.253. The number of hydrogen-bond acceptors (Lipinski definition) is 5. The van der Waals surface area contributed by atoms with Crippen molar-refractivity contribution in [3.8, 4) is 5.75 Å². The molecule has 3 aromatic rings. The molecule has 24 heavy (non-hydrogen) atoms. The molecule has 0 amide bonds. The summed E-state index contributed by atoms with van der Waals surface area (Å²) in [5.74, 6) is 5.93. The lowest BCUT2D eigenvalue weighted by atomic mass is 10.2. The van der Waals surface area contributed by atoms with Crippen molar-refractivity contribution in [3.05, 3.63) is 64.5 Å². The monoisotopic (exact) mass is 349 g/mol. The van der Waals surface area contributed by atoms with Gasteiger partial charge in [0, 0.05) is 11.8 Å². The Kier molecular flexibility index (Phi) is 4.66. The molecular formula is C16H13F2N3O2S. The molecule has 2 aromatic carbocycles. The van der Waals surface area contributed by atoms with Gasteiger partial charge in [-0.1, -0.05) is 11.8 Å². The topological polar surface area (TPSA) is 70.1 Å². The molecule has 124 valence electrons. The van der Waals surface area contributed by atoms with Gasteiger partial charge >= 0.3 is 0 Å². The predicted octanol–water partition coefficient (Wildman–Crippen LogP) is 2.56. The number of fused-ring (bicyclic) bond motifs is 1. The van der Waals surface area contributed by atoms with Gasteiger partial charge < -0.3 is 10.6 Å². The van der Waals surface area contributed by atoms with E-state index in [-0.39, 0.29) is 21.9 Å². The van der Waals surface area contributed by atoms with Crippen molar-refractivity contribution in [1.82, 2.24) is 9.66 Å². The number of hydrogen-bond donors (Lipinski definition) is 1. The van der Waals surface area contributed by atoms with Gasteiger partial charge in [-0.05, 0) is 36.4 Å². The van der Waals surface area contributed by atoms with Crippen LogP contribution in [0.3, 0.4) is 0 Å². The molecule has 0 bridgehead atoms. The molecule has 0 spiro atoms. The Balaban J connectivity index is 1.69. The number of nitrogens with zero attached hydrogens (tertiary/aromatic N) is 2.